The van der Waals surface area contributed by atoms with Crippen molar-refractivity contribution in [3.05, 3.63) is 76.3 Å². The van der Waals surface area contributed by atoms with Gasteiger partial charge in [0, 0.05) is 16.9 Å². The zero-order valence-electron chi connectivity index (χ0n) is 14.0. The molecular weight excluding hydrogens is 386 g/mol. The Morgan fingerprint density at radius 2 is 2.04 bits per heavy atom. The SMILES string of the molecule is Cc1cccc(CSc2nnc(NC(=O)/C=C/c3ccc(Cl)cc3)s2)c1. The largest absolute Gasteiger partial charge is 0.297 e. The van der Waals surface area contributed by atoms with E-state index < -0.39 is 0 Å². The van der Waals surface area contributed by atoms with Crippen LogP contribution >= 0.6 is 34.7 Å². The van der Waals surface area contributed by atoms with Gasteiger partial charge in [0.25, 0.3) is 0 Å². The van der Waals surface area contributed by atoms with Crippen LogP contribution in [-0.4, -0.2) is 16.1 Å². The maximum atomic E-state index is 12.0. The first-order valence-electron chi connectivity index (χ1n) is 7.85. The van der Waals surface area contributed by atoms with Crippen LogP contribution in [0, 0.1) is 6.92 Å². The van der Waals surface area contributed by atoms with Gasteiger partial charge >= 0.3 is 0 Å². The number of rotatable bonds is 6. The van der Waals surface area contributed by atoms with E-state index in [0.717, 1.165) is 15.7 Å². The smallest absolute Gasteiger partial charge is 0.250 e. The van der Waals surface area contributed by atoms with Crippen molar-refractivity contribution in [2.24, 2.45) is 0 Å². The fourth-order valence-electron chi connectivity index (χ4n) is 2.16. The summed E-state index contributed by atoms with van der Waals surface area (Å²) < 4.78 is 0.823. The van der Waals surface area contributed by atoms with Crippen LogP contribution in [0.15, 0.2) is 58.9 Å². The van der Waals surface area contributed by atoms with E-state index in [0.29, 0.717) is 10.2 Å². The highest BCUT2D eigenvalue weighted by molar-refractivity contribution is 8.00. The Kier molecular flexibility index (Phi) is 6.44. The lowest BCUT2D eigenvalue weighted by Crippen LogP contribution is -2.07. The van der Waals surface area contributed by atoms with E-state index in [-0.39, 0.29) is 5.91 Å². The minimum Gasteiger partial charge on any atom is -0.297 e. The van der Waals surface area contributed by atoms with Crippen LogP contribution in [0.1, 0.15) is 16.7 Å². The summed E-state index contributed by atoms with van der Waals surface area (Å²) in [6, 6.07) is 15.6. The van der Waals surface area contributed by atoms with Gasteiger partial charge in [0.2, 0.25) is 11.0 Å². The predicted octanol–water partition coefficient (Wildman–Crippen LogP) is 5.44. The highest BCUT2D eigenvalue weighted by Crippen LogP contribution is 2.28. The molecule has 0 atom stereocenters. The van der Waals surface area contributed by atoms with Crippen molar-refractivity contribution in [1.82, 2.24) is 10.2 Å². The summed E-state index contributed by atoms with van der Waals surface area (Å²) in [6.07, 6.45) is 3.18. The third kappa shape index (κ3) is 5.69. The van der Waals surface area contributed by atoms with Crippen molar-refractivity contribution in [1.29, 1.82) is 0 Å². The number of aryl methyl sites for hydroxylation is 1. The molecule has 0 aliphatic rings. The second-order valence-electron chi connectivity index (χ2n) is 5.52. The summed E-state index contributed by atoms with van der Waals surface area (Å²) in [6.45, 7) is 2.07. The molecule has 132 valence electrons. The molecule has 7 heteroatoms. The average molecular weight is 402 g/mol. The first-order chi connectivity index (χ1) is 12.6. The Hall–Kier alpha value is -2.15. The molecule has 0 aliphatic heterocycles. The van der Waals surface area contributed by atoms with Gasteiger partial charge in [0.05, 0.1) is 0 Å². The molecule has 1 aromatic heterocycles. The number of hydrogen-bond donors (Lipinski definition) is 1. The Morgan fingerprint density at radius 1 is 1.23 bits per heavy atom. The molecule has 26 heavy (non-hydrogen) atoms. The lowest BCUT2D eigenvalue weighted by molar-refractivity contribution is -0.111. The summed E-state index contributed by atoms with van der Waals surface area (Å²) >= 11 is 8.81. The van der Waals surface area contributed by atoms with Crippen LogP contribution < -0.4 is 5.32 Å². The third-order valence-electron chi connectivity index (χ3n) is 3.38. The Balaban J connectivity index is 1.52. The molecule has 0 radical (unpaired) electrons. The zero-order valence-corrected chi connectivity index (χ0v) is 16.4. The number of aromatic nitrogens is 2. The van der Waals surface area contributed by atoms with Gasteiger partial charge in [-0.15, -0.1) is 10.2 Å². The number of anilines is 1. The molecule has 1 heterocycles. The van der Waals surface area contributed by atoms with Crippen LogP contribution in [0.2, 0.25) is 5.02 Å². The molecule has 0 aliphatic carbocycles. The first-order valence-corrected chi connectivity index (χ1v) is 10.0. The lowest BCUT2D eigenvalue weighted by atomic mass is 10.2. The maximum Gasteiger partial charge on any atom is 0.250 e. The van der Waals surface area contributed by atoms with Crippen molar-refractivity contribution < 1.29 is 4.79 Å². The summed E-state index contributed by atoms with van der Waals surface area (Å²) in [5.74, 6) is 0.576. The summed E-state index contributed by atoms with van der Waals surface area (Å²) in [4.78, 5) is 12.0. The van der Waals surface area contributed by atoms with Gasteiger partial charge in [-0.3, -0.25) is 10.1 Å². The lowest BCUT2D eigenvalue weighted by Gasteiger charge is -1.99. The number of halogens is 1. The summed E-state index contributed by atoms with van der Waals surface area (Å²) in [7, 11) is 0. The number of carbonyl (C=O) groups is 1. The van der Waals surface area contributed by atoms with Crippen molar-refractivity contribution in [3.63, 3.8) is 0 Å². The van der Waals surface area contributed by atoms with E-state index in [4.69, 9.17) is 11.6 Å². The quantitative estimate of drug-likeness (QED) is 0.339. The van der Waals surface area contributed by atoms with Crippen LogP contribution in [0.4, 0.5) is 5.13 Å². The Morgan fingerprint density at radius 3 is 2.81 bits per heavy atom. The van der Waals surface area contributed by atoms with E-state index in [1.807, 2.05) is 18.2 Å². The number of nitrogens with one attached hydrogen (secondary N) is 1. The molecule has 3 aromatic rings. The van der Waals surface area contributed by atoms with Gasteiger partial charge in [-0.2, -0.15) is 0 Å². The predicted molar refractivity (Wildman–Crippen MR) is 110 cm³/mol. The van der Waals surface area contributed by atoms with Crippen molar-refractivity contribution >= 4 is 51.8 Å². The zero-order chi connectivity index (χ0) is 18.4. The van der Waals surface area contributed by atoms with Crippen molar-refractivity contribution in [2.45, 2.75) is 17.0 Å². The van der Waals surface area contributed by atoms with Gasteiger partial charge in [-0.05, 0) is 36.3 Å². The second-order valence-corrected chi connectivity index (χ2v) is 8.16. The van der Waals surface area contributed by atoms with E-state index in [2.05, 4.69) is 40.6 Å². The van der Waals surface area contributed by atoms with Gasteiger partial charge in [-0.1, -0.05) is 76.7 Å². The monoisotopic (exact) mass is 401 g/mol. The number of carbonyl (C=O) groups excluding carboxylic acids is 1. The molecule has 4 nitrogen and oxygen atoms in total. The summed E-state index contributed by atoms with van der Waals surface area (Å²) in [5.41, 5.74) is 3.37. The molecular formula is C19H16ClN3OS2. The van der Waals surface area contributed by atoms with Gasteiger partial charge in [-0.25, -0.2) is 0 Å². The minimum absolute atomic E-state index is 0.244. The second kappa shape index (κ2) is 8.98. The molecule has 1 N–H and O–H groups in total. The molecule has 2 aromatic carbocycles. The van der Waals surface area contributed by atoms with Crippen LogP contribution in [0.25, 0.3) is 6.08 Å². The van der Waals surface area contributed by atoms with Crippen molar-refractivity contribution in [3.8, 4) is 0 Å². The first kappa shape index (κ1) is 18.6. The number of thioether (sulfide) groups is 1. The number of nitrogens with zero attached hydrogens (tertiary/aromatic N) is 2. The fraction of sp³-hybridized carbons (Fsp3) is 0.105. The highest BCUT2D eigenvalue weighted by Gasteiger charge is 2.07. The minimum atomic E-state index is -0.244. The van der Waals surface area contributed by atoms with E-state index >= 15 is 0 Å². The van der Waals surface area contributed by atoms with E-state index in [1.54, 1.807) is 30.0 Å². The molecule has 0 fully saturated rings. The fourth-order valence-corrected chi connectivity index (χ4v) is 3.98. The van der Waals surface area contributed by atoms with Gasteiger partial charge in [0.1, 0.15) is 0 Å². The number of benzene rings is 2. The third-order valence-corrected chi connectivity index (χ3v) is 5.67. The van der Waals surface area contributed by atoms with Crippen molar-refractivity contribution in [2.75, 3.05) is 5.32 Å². The molecule has 0 spiro atoms. The molecule has 0 bridgehead atoms. The summed E-state index contributed by atoms with van der Waals surface area (Å²) in [5, 5.41) is 12.0. The van der Waals surface area contributed by atoms with Crippen LogP contribution in [-0.2, 0) is 10.5 Å². The molecule has 0 saturated heterocycles. The molecule has 0 saturated carbocycles. The Bertz CT molecular complexity index is 923. The maximum absolute atomic E-state index is 12.0. The highest BCUT2D eigenvalue weighted by atomic mass is 35.5. The standard InChI is InChI=1S/C19H16ClN3OS2/c1-13-3-2-4-15(11-13)12-25-19-23-22-18(26-19)21-17(24)10-7-14-5-8-16(20)9-6-14/h2-11H,12H2,1H3,(H,21,22,24)/b10-7+. The van der Waals surface area contributed by atoms with Crippen LogP contribution in [0.5, 0.6) is 0 Å². The van der Waals surface area contributed by atoms with E-state index in [9.17, 15) is 4.79 Å². The van der Waals surface area contributed by atoms with Gasteiger partial charge < -0.3 is 0 Å². The van der Waals surface area contributed by atoms with E-state index in [1.165, 1.54) is 28.5 Å². The van der Waals surface area contributed by atoms with Crippen LogP contribution in [0.3, 0.4) is 0 Å². The molecule has 3 rings (SSSR count). The molecule has 1 amide bonds. The number of hydrogen-bond acceptors (Lipinski definition) is 5. The van der Waals surface area contributed by atoms with Gasteiger partial charge in [0.15, 0.2) is 4.34 Å². The molecule has 0 unspecified atom stereocenters. The normalized spacial score (nSPS) is 11.0. The topological polar surface area (TPSA) is 54.9 Å². The average Bonchev–Trinajstić information content (AvgIpc) is 3.07. The number of amides is 1. The Labute approximate surface area is 165 Å².